The summed E-state index contributed by atoms with van der Waals surface area (Å²) in [6.07, 6.45) is 1.50. The molecule has 0 bridgehead atoms. The first-order valence-corrected chi connectivity index (χ1v) is 6.70. The third-order valence-electron chi connectivity index (χ3n) is 2.85. The normalized spacial score (nSPS) is 10.5. The predicted octanol–water partition coefficient (Wildman–Crippen LogP) is 4.37. The molecule has 2 rings (SSSR count). The molecule has 0 saturated heterocycles. The Morgan fingerprint density at radius 3 is 2.58 bits per heavy atom. The maximum atomic E-state index is 8.83. The first kappa shape index (κ1) is 13.9. The van der Waals surface area contributed by atoms with E-state index in [2.05, 4.69) is 0 Å². The topological polar surface area (TPSA) is 29.5 Å². The quantitative estimate of drug-likeness (QED) is 0.879. The zero-order valence-corrected chi connectivity index (χ0v) is 11.7. The molecule has 0 atom stereocenters. The summed E-state index contributed by atoms with van der Waals surface area (Å²) in [6.45, 7) is 2.20. The lowest BCUT2D eigenvalue weighted by Gasteiger charge is -2.09. The van der Waals surface area contributed by atoms with Crippen molar-refractivity contribution < 1.29 is 9.84 Å². The SMILES string of the molecule is Cc1cccc(Oc2ccc(CCCO)c(Cl)c2)c1. The summed E-state index contributed by atoms with van der Waals surface area (Å²) in [6, 6.07) is 13.6. The fraction of sp³-hybridized carbons (Fsp3) is 0.250. The van der Waals surface area contributed by atoms with Crippen molar-refractivity contribution in [2.75, 3.05) is 6.61 Å². The van der Waals surface area contributed by atoms with Crippen LogP contribution in [0.25, 0.3) is 0 Å². The molecule has 0 amide bonds. The average Bonchev–Trinajstić information content (AvgIpc) is 2.38. The molecule has 2 aromatic rings. The van der Waals surface area contributed by atoms with Crippen LogP contribution in [0.4, 0.5) is 0 Å². The maximum Gasteiger partial charge on any atom is 0.128 e. The smallest absolute Gasteiger partial charge is 0.128 e. The van der Waals surface area contributed by atoms with Gasteiger partial charge in [-0.1, -0.05) is 29.8 Å². The third kappa shape index (κ3) is 3.98. The molecular formula is C16H17ClO2. The van der Waals surface area contributed by atoms with Crippen molar-refractivity contribution in [1.29, 1.82) is 0 Å². The van der Waals surface area contributed by atoms with Crippen molar-refractivity contribution in [2.24, 2.45) is 0 Å². The number of aliphatic hydroxyl groups excluding tert-OH is 1. The third-order valence-corrected chi connectivity index (χ3v) is 3.21. The van der Waals surface area contributed by atoms with E-state index in [9.17, 15) is 0 Å². The van der Waals surface area contributed by atoms with Gasteiger partial charge in [0, 0.05) is 11.6 Å². The summed E-state index contributed by atoms with van der Waals surface area (Å²) in [7, 11) is 0. The van der Waals surface area contributed by atoms with E-state index in [-0.39, 0.29) is 6.61 Å². The van der Waals surface area contributed by atoms with Crippen molar-refractivity contribution in [3.8, 4) is 11.5 Å². The van der Waals surface area contributed by atoms with Gasteiger partial charge in [0.1, 0.15) is 11.5 Å². The van der Waals surface area contributed by atoms with Crippen molar-refractivity contribution >= 4 is 11.6 Å². The van der Waals surface area contributed by atoms with E-state index in [1.807, 2.05) is 49.4 Å². The molecule has 100 valence electrons. The predicted molar refractivity (Wildman–Crippen MR) is 78.1 cm³/mol. The maximum absolute atomic E-state index is 8.83. The van der Waals surface area contributed by atoms with Gasteiger partial charge in [-0.3, -0.25) is 0 Å². The first-order chi connectivity index (χ1) is 9.19. The molecule has 0 aliphatic carbocycles. The van der Waals surface area contributed by atoms with Crippen LogP contribution in [0.2, 0.25) is 5.02 Å². The van der Waals surface area contributed by atoms with E-state index >= 15 is 0 Å². The van der Waals surface area contributed by atoms with Crippen LogP contribution in [0.5, 0.6) is 11.5 Å². The summed E-state index contributed by atoms with van der Waals surface area (Å²) in [4.78, 5) is 0. The van der Waals surface area contributed by atoms with E-state index < -0.39 is 0 Å². The minimum atomic E-state index is 0.178. The molecule has 0 aliphatic rings. The fourth-order valence-corrected chi connectivity index (χ4v) is 2.14. The second kappa shape index (κ2) is 6.60. The molecule has 0 radical (unpaired) electrons. The van der Waals surface area contributed by atoms with Crippen molar-refractivity contribution in [1.82, 2.24) is 0 Å². The molecule has 0 unspecified atom stereocenters. The summed E-state index contributed by atoms with van der Waals surface area (Å²) in [5, 5.41) is 9.51. The molecule has 3 heteroatoms. The molecule has 2 nitrogen and oxygen atoms in total. The Balaban J connectivity index is 2.11. The minimum absolute atomic E-state index is 0.178. The zero-order valence-electron chi connectivity index (χ0n) is 10.9. The van der Waals surface area contributed by atoms with Crippen LogP contribution in [0.1, 0.15) is 17.5 Å². The van der Waals surface area contributed by atoms with Gasteiger partial charge in [-0.25, -0.2) is 0 Å². The van der Waals surface area contributed by atoms with Gasteiger partial charge in [-0.05, 0) is 55.2 Å². The van der Waals surface area contributed by atoms with Crippen LogP contribution < -0.4 is 4.74 Å². The lowest BCUT2D eigenvalue weighted by atomic mass is 10.1. The highest BCUT2D eigenvalue weighted by Gasteiger charge is 2.04. The van der Waals surface area contributed by atoms with Gasteiger partial charge in [0.25, 0.3) is 0 Å². The Kier molecular flexibility index (Phi) is 4.83. The number of aliphatic hydroxyl groups is 1. The fourth-order valence-electron chi connectivity index (χ4n) is 1.88. The van der Waals surface area contributed by atoms with Crippen molar-refractivity contribution in [3.63, 3.8) is 0 Å². The first-order valence-electron chi connectivity index (χ1n) is 6.33. The Morgan fingerprint density at radius 2 is 1.89 bits per heavy atom. The Labute approximate surface area is 118 Å². The summed E-state index contributed by atoms with van der Waals surface area (Å²) in [5.74, 6) is 1.53. The van der Waals surface area contributed by atoms with Crippen LogP contribution in [0.3, 0.4) is 0 Å². The highest BCUT2D eigenvalue weighted by Crippen LogP contribution is 2.27. The molecule has 0 saturated carbocycles. The summed E-state index contributed by atoms with van der Waals surface area (Å²) < 4.78 is 5.77. The number of hydrogen-bond donors (Lipinski definition) is 1. The molecule has 0 aromatic heterocycles. The number of aryl methyl sites for hydroxylation is 2. The number of rotatable bonds is 5. The van der Waals surface area contributed by atoms with E-state index in [0.29, 0.717) is 5.02 Å². The van der Waals surface area contributed by atoms with Crippen LogP contribution in [0.15, 0.2) is 42.5 Å². The molecule has 1 N–H and O–H groups in total. The van der Waals surface area contributed by atoms with Crippen LogP contribution in [-0.2, 0) is 6.42 Å². The van der Waals surface area contributed by atoms with Gasteiger partial charge in [0.2, 0.25) is 0 Å². The number of ether oxygens (including phenoxy) is 1. The highest BCUT2D eigenvalue weighted by molar-refractivity contribution is 6.31. The van der Waals surface area contributed by atoms with Gasteiger partial charge >= 0.3 is 0 Å². The van der Waals surface area contributed by atoms with Crippen molar-refractivity contribution in [3.05, 3.63) is 58.6 Å². The van der Waals surface area contributed by atoms with Crippen LogP contribution in [0, 0.1) is 6.92 Å². The average molecular weight is 277 g/mol. The number of hydrogen-bond acceptors (Lipinski definition) is 2. The van der Waals surface area contributed by atoms with Gasteiger partial charge in [-0.2, -0.15) is 0 Å². The van der Waals surface area contributed by atoms with Gasteiger partial charge in [0.15, 0.2) is 0 Å². The summed E-state index contributed by atoms with van der Waals surface area (Å²) in [5.41, 5.74) is 2.19. The zero-order chi connectivity index (χ0) is 13.7. The molecule has 0 aliphatic heterocycles. The minimum Gasteiger partial charge on any atom is -0.457 e. The Hall–Kier alpha value is -1.51. The molecule has 0 spiro atoms. The Morgan fingerprint density at radius 1 is 1.11 bits per heavy atom. The van der Waals surface area contributed by atoms with Gasteiger partial charge in [0.05, 0.1) is 0 Å². The second-order valence-corrected chi connectivity index (χ2v) is 4.91. The molecule has 0 fully saturated rings. The largest absolute Gasteiger partial charge is 0.457 e. The monoisotopic (exact) mass is 276 g/mol. The molecule has 2 aromatic carbocycles. The van der Waals surface area contributed by atoms with E-state index in [0.717, 1.165) is 35.5 Å². The second-order valence-electron chi connectivity index (χ2n) is 4.50. The number of benzene rings is 2. The van der Waals surface area contributed by atoms with Crippen LogP contribution >= 0.6 is 11.6 Å². The highest BCUT2D eigenvalue weighted by atomic mass is 35.5. The molecule has 19 heavy (non-hydrogen) atoms. The van der Waals surface area contributed by atoms with Crippen molar-refractivity contribution in [2.45, 2.75) is 19.8 Å². The number of halogens is 1. The lowest BCUT2D eigenvalue weighted by molar-refractivity contribution is 0.288. The van der Waals surface area contributed by atoms with E-state index in [1.165, 1.54) is 0 Å². The lowest BCUT2D eigenvalue weighted by Crippen LogP contribution is -1.92. The van der Waals surface area contributed by atoms with Gasteiger partial charge in [-0.15, -0.1) is 0 Å². The van der Waals surface area contributed by atoms with Gasteiger partial charge < -0.3 is 9.84 Å². The Bertz CT molecular complexity index is 552. The van der Waals surface area contributed by atoms with Crippen LogP contribution in [-0.4, -0.2) is 11.7 Å². The summed E-state index contributed by atoms with van der Waals surface area (Å²) >= 11 is 6.20. The standard InChI is InChI=1S/C16H17ClO2/c1-12-4-2-6-14(10-12)19-15-8-7-13(5-3-9-18)16(17)11-15/h2,4,6-8,10-11,18H,3,5,9H2,1H3. The van der Waals surface area contributed by atoms with E-state index in [4.69, 9.17) is 21.4 Å². The van der Waals surface area contributed by atoms with E-state index in [1.54, 1.807) is 0 Å². The molecule has 0 heterocycles. The molecular weight excluding hydrogens is 260 g/mol.